The van der Waals surface area contributed by atoms with Crippen LogP contribution in [-0.4, -0.2) is 22.1 Å². The van der Waals surface area contributed by atoms with Gasteiger partial charge in [-0.25, -0.2) is 0 Å². The summed E-state index contributed by atoms with van der Waals surface area (Å²) in [5, 5.41) is 28.4. The van der Waals surface area contributed by atoms with Gasteiger partial charge in [0.1, 0.15) is 11.5 Å². The second-order valence-corrected chi connectivity index (χ2v) is 3.80. The van der Waals surface area contributed by atoms with Crippen molar-refractivity contribution >= 4 is 18.3 Å². The Kier molecular flexibility index (Phi) is 3.79. The fraction of sp³-hybridized carbons (Fsp3) is 0. The van der Waals surface area contributed by atoms with E-state index in [1.54, 1.807) is 12.1 Å². The third kappa shape index (κ3) is 3.31. The number of non-ortho nitro benzene ring substituents is 1. The molecule has 0 aliphatic rings. The van der Waals surface area contributed by atoms with Crippen LogP contribution < -0.4 is 10.2 Å². The largest absolute Gasteiger partial charge is 0.488 e. The average Bonchev–Trinajstić information content (AvgIpc) is 2.40. The molecule has 2 aromatic rings. The molecular formula is C12H10BNO5. The molecule has 2 N–H and O–H groups in total. The molecule has 2 rings (SSSR count). The average molecular weight is 259 g/mol. The first kappa shape index (κ1) is 13.1. The van der Waals surface area contributed by atoms with E-state index in [1.165, 1.54) is 36.4 Å². The first-order valence-electron chi connectivity index (χ1n) is 5.44. The summed E-state index contributed by atoms with van der Waals surface area (Å²) in [5.41, 5.74) is 0.349. The predicted octanol–water partition coefficient (Wildman–Crippen LogP) is 1.07. The van der Waals surface area contributed by atoms with Crippen LogP contribution in [0.2, 0.25) is 0 Å². The number of rotatable bonds is 4. The lowest BCUT2D eigenvalue weighted by molar-refractivity contribution is -0.384. The number of ether oxygens (including phenoxy) is 1. The Morgan fingerprint density at radius 2 is 1.42 bits per heavy atom. The molecule has 0 unspecified atom stereocenters. The van der Waals surface area contributed by atoms with E-state index in [9.17, 15) is 10.1 Å². The molecule has 2 aromatic carbocycles. The summed E-state index contributed by atoms with van der Waals surface area (Å²) in [7, 11) is -1.52. The monoisotopic (exact) mass is 259 g/mol. The maximum absolute atomic E-state index is 10.5. The first-order valence-corrected chi connectivity index (χ1v) is 5.44. The molecule has 0 bridgehead atoms. The topological polar surface area (TPSA) is 92.8 Å². The SMILES string of the molecule is O=[N+]([O-])c1ccc(Oc2ccc(B(O)O)cc2)cc1. The van der Waals surface area contributed by atoms with E-state index in [4.69, 9.17) is 14.8 Å². The summed E-state index contributed by atoms with van der Waals surface area (Å²) in [4.78, 5) is 10.0. The molecular weight excluding hydrogens is 249 g/mol. The molecule has 7 heteroatoms. The van der Waals surface area contributed by atoms with E-state index in [1.807, 2.05) is 0 Å². The first-order chi connectivity index (χ1) is 9.06. The Bertz CT molecular complexity index is 568. The minimum Gasteiger partial charge on any atom is -0.457 e. The normalized spacial score (nSPS) is 10.0. The molecule has 0 amide bonds. The summed E-state index contributed by atoms with van der Waals surface area (Å²) in [6.07, 6.45) is 0. The lowest BCUT2D eigenvalue weighted by Gasteiger charge is -2.06. The van der Waals surface area contributed by atoms with Crippen LogP contribution in [0.4, 0.5) is 5.69 Å². The van der Waals surface area contributed by atoms with E-state index in [0.717, 1.165) is 0 Å². The zero-order valence-corrected chi connectivity index (χ0v) is 9.76. The van der Waals surface area contributed by atoms with Crippen molar-refractivity contribution in [2.75, 3.05) is 0 Å². The van der Waals surface area contributed by atoms with Gasteiger partial charge in [-0.05, 0) is 29.7 Å². The summed E-state index contributed by atoms with van der Waals surface area (Å²) < 4.78 is 5.46. The van der Waals surface area contributed by atoms with Crippen molar-refractivity contribution in [2.45, 2.75) is 0 Å². The van der Waals surface area contributed by atoms with Crippen LogP contribution in [0, 0.1) is 10.1 Å². The van der Waals surface area contributed by atoms with Crippen molar-refractivity contribution in [3.63, 3.8) is 0 Å². The molecule has 0 spiro atoms. The van der Waals surface area contributed by atoms with Gasteiger partial charge in [-0.3, -0.25) is 10.1 Å². The van der Waals surface area contributed by atoms with E-state index < -0.39 is 12.0 Å². The van der Waals surface area contributed by atoms with Crippen molar-refractivity contribution in [3.05, 3.63) is 58.6 Å². The molecule has 0 heterocycles. The number of nitro groups is 1. The summed E-state index contributed by atoms with van der Waals surface area (Å²) in [6, 6.07) is 11.9. The highest BCUT2D eigenvalue weighted by atomic mass is 16.6. The van der Waals surface area contributed by atoms with Crippen LogP contribution in [0.15, 0.2) is 48.5 Å². The Morgan fingerprint density at radius 3 is 1.84 bits per heavy atom. The van der Waals surface area contributed by atoms with Crippen LogP contribution in [0.25, 0.3) is 0 Å². The number of hydrogen-bond donors (Lipinski definition) is 2. The Balaban J connectivity index is 2.10. The van der Waals surface area contributed by atoms with Gasteiger partial charge >= 0.3 is 7.12 Å². The van der Waals surface area contributed by atoms with Crippen LogP contribution >= 0.6 is 0 Å². The Morgan fingerprint density at radius 1 is 0.947 bits per heavy atom. The van der Waals surface area contributed by atoms with Gasteiger partial charge in [-0.1, -0.05) is 12.1 Å². The Hall–Kier alpha value is -2.38. The standard InChI is InChI=1S/C12H10BNO5/c15-13(16)9-1-5-11(6-2-9)19-12-7-3-10(4-8-12)14(17)18/h1-8,15-16H. The molecule has 96 valence electrons. The molecule has 0 saturated carbocycles. The second-order valence-electron chi connectivity index (χ2n) is 3.80. The fourth-order valence-corrected chi connectivity index (χ4v) is 1.48. The van der Waals surface area contributed by atoms with E-state index >= 15 is 0 Å². The molecule has 19 heavy (non-hydrogen) atoms. The zero-order valence-electron chi connectivity index (χ0n) is 9.76. The van der Waals surface area contributed by atoms with Crippen molar-refractivity contribution in [2.24, 2.45) is 0 Å². The van der Waals surface area contributed by atoms with Crippen LogP contribution in [0.5, 0.6) is 11.5 Å². The highest BCUT2D eigenvalue weighted by Crippen LogP contribution is 2.23. The number of hydrogen-bond acceptors (Lipinski definition) is 5. The number of nitro benzene ring substituents is 1. The quantitative estimate of drug-likeness (QED) is 0.486. The molecule has 0 radical (unpaired) electrons. The van der Waals surface area contributed by atoms with Gasteiger partial charge in [-0.2, -0.15) is 0 Å². The molecule has 0 atom stereocenters. The summed E-state index contributed by atoms with van der Waals surface area (Å²) in [5.74, 6) is 0.959. The molecule has 0 aromatic heterocycles. The van der Waals surface area contributed by atoms with Crippen LogP contribution in [-0.2, 0) is 0 Å². The number of nitrogens with zero attached hydrogens (tertiary/aromatic N) is 1. The van der Waals surface area contributed by atoms with Crippen molar-refractivity contribution in [3.8, 4) is 11.5 Å². The van der Waals surface area contributed by atoms with Crippen molar-refractivity contribution in [1.29, 1.82) is 0 Å². The lowest BCUT2D eigenvalue weighted by atomic mass is 9.80. The maximum atomic E-state index is 10.5. The Labute approximate surface area is 109 Å². The maximum Gasteiger partial charge on any atom is 0.488 e. The van der Waals surface area contributed by atoms with Gasteiger partial charge in [0.2, 0.25) is 0 Å². The second kappa shape index (κ2) is 5.51. The smallest absolute Gasteiger partial charge is 0.457 e. The van der Waals surface area contributed by atoms with E-state index in [0.29, 0.717) is 17.0 Å². The molecule has 0 saturated heterocycles. The summed E-state index contributed by atoms with van der Waals surface area (Å²) >= 11 is 0. The van der Waals surface area contributed by atoms with E-state index in [2.05, 4.69) is 0 Å². The van der Waals surface area contributed by atoms with Crippen LogP contribution in [0.3, 0.4) is 0 Å². The minimum atomic E-state index is -1.52. The minimum absolute atomic E-state index is 0.00824. The molecule has 6 nitrogen and oxygen atoms in total. The molecule has 0 aliphatic carbocycles. The van der Waals surface area contributed by atoms with Gasteiger partial charge in [0, 0.05) is 12.1 Å². The van der Waals surface area contributed by atoms with Gasteiger partial charge in [0.05, 0.1) is 4.92 Å². The van der Waals surface area contributed by atoms with Crippen molar-refractivity contribution in [1.82, 2.24) is 0 Å². The molecule has 0 aliphatic heterocycles. The predicted molar refractivity (Wildman–Crippen MR) is 69.4 cm³/mol. The number of benzene rings is 2. The third-order valence-corrected chi connectivity index (χ3v) is 2.46. The highest BCUT2D eigenvalue weighted by Gasteiger charge is 2.10. The highest BCUT2D eigenvalue weighted by molar-refractivity contribution is 6.58. The summed E-state index contributed by atoms with van der Waals surface area (Å²) in [6.45, 7) is 0. The third-order valence-electron chi connectivity index (χ3n) is 2.46. The van der Waals surface area contributed by atoms with Gasteiger partial charge in [0.15, 0.2) is 0 Å². The van der Waals surface area contributed by atoms with E-state index in [-0.39, 0.29) is 5.69 Å². The fourth-order valence-electron chi connectivity index (χ4n) is 1.48. The van der Waals surface area contributed by atoms with Gasteiger partial charge < -0.3 is 14.8 Å². The molecule has 0 fully saturated rings. The zero-order chi connectivity index (χ0) is 13.8. The van der Waals surface area contributed by atoms with Crippen molar-refractivity contribution < 1.29 is 19.7 Å². The lowest BCUT2D eigenvalue weighted by Crippen LogP contribution is -2.29. The van der Waals surface area contributed by atoms with Gasteiger partial charge in [0.25, 0.3) is 5.69 Å². The van der Waals surface area contributed by atoms with Gasteiger partial charge in [-0.15, -0.1) is 0 Å². The van der Waals surface area contributed by atoms with Crippen LogP contribution in [0.1, 0.15) is 0 Å².